The van der Waals surface area contributed by atoms with Crippen LogP contribution in [0, 0.1) is 5.41 Å². The standard InChI is InChI=1S/C17H19N7O5S3/c18-17(19)20-7-2-4-11(16(26)27)21-15(25)14-10(6-8-30-14)24-32(28,29)12-5-1-3-9-13(12)23-31-22-9/h1,3,5-6,8,11,24H,2,4,7H2,(H,21,25)(H,26,27)(H4,18,19,20)/t11-/m0/s1. The fourth-order valence-electron chi connectivity index (χ4n) is 2.77. The van der Waals surface area contributed by atoms with Crippen molar-refractivity contribution in [2.24, 2.45) is 5.73 Å². The van der Waals surface area contributed by atoms with E-state index in [4.69, 9.17) is 11.1 Å². The number of guanidine groups is 1. The van der Waals surface area contributed by atoms with Crippen LogP contribution in [-0.4, -0.2) is 52.7 Å². The van der Waals surface area contributed by atoms with Gasteiger partial charge in [0.25, 0.3) is 15.9 Å². The number of anilines is 1. The average molecular weight is 498 g/mol. The summed E-state index contributed by atoms with van der Waals surface area (Å²) in [5, 5.41) is 22.9. The van der Waals surface area contributed by atoms with E-state index in [2.05, 4.69) is 24.1 Å². The SMILES string of the molecule is N=C(N)NCCC[C@H](NC(=O)c1sccc1NS(=O)(=O)c1cccc2nsnc12)C(=O)O. The van der Waals surface area contributed by atoms with Crippen LogP contribution in [0.1, 0.15) is 22.5 Å². The van der Waals surface area contributed by atoms with Crippen LogP contribution in [-0.2, 0) is 14.8 Å². The van der Waals surface area contributed by atoms with Crippen LogP contribution < -0.4 is 21.1 Å². The molecule has 1 atom stereocenters. The van der Waals surface area contributed by atoms with Gasteiger partial charge in [-0.3, -0.25) is 14.9 Å². The van der Waals surface area contributed by atoms with Crippen LogP contribution in [0.5, 0.6) is 0 Å². The lowest BCUT2D eigenvalue weighted by atomic mass is 10.1. The first-order valence-electron chi connectivity index (χ1n) is 9.12. The molecule has 2 aromatic heterocycles. The minimum atomic E-state index is -4.08. The van der Waals surface area contributed by atoms with E-state index in [1.54, 1.807) is 6.07 Å². The van der Waals surface area contributed by atoms with E-state index in [0.29, 0.717) is 11.9 Å². The zero-order valence-electron chi connectivity index (χ0n) is 16.4. The van der Waals surface area contributed by atoms with E-state index < -0.39 is 27.9 Å². The largest absolute Gasteiger partial charge is 0.480 e. The molecule has 0 saturated carbocycles. The number of hydrogen-bond acceptors (Lipinski definition) is 9. The number of nitrogens with one attached hydrogen (secondary N) is 4. The van der Waals surface area contributed by atoms with Crippen molar-refractivity contribution in [1.82, 2.24) is 19.4 Å². The summed E-state index contributed by atoms with van der Waals surface area (Å²) in [6.07, 6.45) is 0.430. The quantitative estimate of drug-likeness (QED) is 0.134. The third kappa shape index (κ3) is 5.49. The third-order valence-corrected chi connectivity index (χ3v) is 7.10. The number of carboxylic acids is 1. The fourth-order valence-corrected chi connectivity index (χ4v) is 5.43. The van der Waals surface area contributed by atoms with E-state index in [-0.39, 0.29) is 39.9 Å². The number of thiophene rings is 1. The number of aromatic nitrogens is 2. The van der Waals surface area contributed by atoms with Crippen LogP contribution in [0.2, 0.25) is 0 Å². The Morgan fingerprint density at radius 2 is 2.03 bits per heavy atom. The number of fused-ring (bicyclic) bond motifs is 1. The van der Waals surface area contributed by atoms with Gasteiger partial charge in [-0.05, 0) is 36.4 Å². The summed E-state index contributed by atoms with van der Waals surface area (Å²) < 4.78 is 36.3. The molecule has 32 heavy (non-hydrogen) atoms. The second-order valence-electron chi connectivity index (χ2n) is 6.50. The van der Waals surface area contributed by atoms with Gasteiger partial charge in [-0.2, -0.15) is 8.75 Å². The van der Waals surface area contributed by atoms with Gasteiger partial charge in [0.2, 0.25) is 0 Å². The van der Waals surface area contributed by atoms with Gasteiger partial charge in [0, 0.05) is 6.54 Å². The van der Waals surface area contributed by atoms with Gasteiger partial charge >= 0.3 is 5.97 Å². The van der Waals surface area contributed by atoms with Gasteiger partial charge < -0.3 is 21.5 Å². The molecule has 7 N–H and O–H groups in total. The molecule has 0 aliphatic carbocycles. The normalized spacial score (nSPS) is 12.2. The average Bonchev–Trinajstić information content (AvgIpc) is 3.38. The molecule has 2 heterocycles. The summed E-state index contributed by atoms with van der Waals surface area (Å²) in [7, 11) is -4.08. The molecule has 0 unspecified atom stereocenters. The lowest BCUT2D eigenvalue weighted by Gasteiger charge is -2.15. The van der Waals surface area contributed by atoms with Crippen molar-refractivity contribution < 1.29 is 23.1 Å². The topological polar surface area (TPSA) is 200 Å². The van der Waals surface area contributed by atoms with Gasteiger partial charge in [-0.15, -0.1) is 11.3 Å². The molecular formula is C17H19N7O5S3. The van der Waals surface area contributed by atoms with Gasteiger partial charge in [0.05, 0.1) is 17.4 Å². The maximum atomic E-state index is 12.9. The number of carbonyl (C=O) groups is 2. The number of sulfonamides is 1. The number of aliphatic carboxylic acids is 1. The van der Waals surface area contributed by atoms with E-state index in [9.17, 15) is 23.1 Å². The Morgan fingerprint density at radius 3 is 2.75 bits per heavy atom. The summed E-state index contributed by atoms with van der Waals surface area (Å²) in [6, 6.07) is 4.78. The minimum absolute atomic E-state index is 0.0188. The Kier molecular flexibility index (Phi) is 7.22. The number of carboxylic acid groups (broad SMARTS) is 1. The number of nitrogens with zero attached hydrogens (tertiary/aromatic N) is 2. The molecule has 0 fully saturated rings. The van der Waals surface area contributed by atoms with Gasteiger partial charge in [0.1, 0.15) is 26.8 Å². The number of amides is 1. The van der Waals surface area contributed by atoms with Crippen molar-refractivity contribution in [2.75, 3.05) is 11.3 Å². The lowest BCUT2D eigenvalue weighted by molar-refractivity contribution is -0.139. The molecule has 3 aromatic rings. The molecular weight excluding hydrogens is 478 g/mol. The minimum Gasteiger partial charge on any atom is -0.480 e. The van der Waals surface area contributed by atoms with Crippen LogP contribution in [0.4, 0.5) is 5.69 Å². The van der Waals surface area contributed by atoms with Crippen molar-refractivity contribution in [3.8, 4) is 0 Å². The highest BCUT2D eigenvalue weighted by atomic mass is 32.2. The van der Waals surface area contributed by atoms with Crippen molar-refractivity contribution in [3.63, 3.8) is 0 Å². The van der Waals surface area contributed by atoms with Crippen molar-refractivity contribution >= 4 is 67.6 Å². The first-order valence-corrected chi connectivity index (χ1v) is 12.2. The molecule has 0 aliphatic heterocycles. The predicted octanol–water partition coefficient (Wildman–Crippen LogP) is 1.000. The molecule has 1 aromatic carbocycles. The molecule has 0 aliphatic rings. The number of carbonyl (C=O) groups excluding carboxylic acids is 1. The second kappa shape index (κ2) is 9.88. The molecule has 0 saturated heterocycles. The smallest absolute Gasteiger partial charge is 0.326 e. The van der Waals surface area contributed by atoms with Gasteiger partial charge in [-0.25, -0.2) is 13.2 Å². The highest BCUT2D eigenvalue weighted by Gasteiger charge is 2.26. The predicted molar refractivity (Wildman–Crippen MR) is 121 cm³/mol. The van der Waals surface area contributed by atoms with E-state index >= 15 is 0 Å². The number of nitrogens with two attached hydrogens (primary N) is 1. The summed E-state index contributed by atoms with van der Waals surface area (Å²) in [5.41, 5.74) is 5.85. The van der Waals surface area contributed by atoms with Crippen LogP contribution in [0.15, 0.2) is 34.5 Å². The molecule has 3 rings (SSSR count). The first-order chi connectivity index (χ1) is 15.2. The fraction of sp³-hybridized carbons (Fsp3) is 0.235. The third-order valence-electron chi connectivity index (χ3n) is 4.24. The zero-order chi connectivity index (χ0) is 23.3. The highest BCUT2D eigenvalue weighted by Crippen LogP contribution is 2.28. The van der Waals surface area contributed by atoms with Crippen LogP contribution in [0.25, 0.3) is 11.0 Å². The summed E-state index contributed by atoms with van der Waals surface area (Å²) in [5.74, 6) is -2.19. The Bertz CT molecular complexity index is 1250. The number of benzene rings is 1. The van der Waals surface area contributed by atoms with E-state index in [0.717, 1.165) is 23.1 Å². The monoisotopic (exact) mass is 497 g/mol. The number of hydrogen-bond donors (Lipinski definition) is 6. The van der Waals surface area contributed by atoms with Gasteiger partial charge in [-0.1, -0.05) is 6.07 Å². The maximum absolute atomic E-state index is 12.9. The molecule has 1 amide bonds. The van der Waals surface area contributed by atoms with Crippen molar-refractivity contribution in [2.45, 2.75) is 23.8 Å². The number of rotatable bonds is 10. The Balaban J connectivity index is 1.74. The maximum Gasteiger partial charge on any atom is 0.326 e. The summed E-state index contributed by atoms with van der Waals surface area (Å²) in [6.45, 7) is 0.274. The van der Waals surface area contributed by atoms with E-state index in [1.165, 1.54) is 23.6 Å². The highest BCUT2D eigenvalue weighted by molar-refractivity contribution is 7.93. The molecule has 0 spiro atoms. The van der Waals surface area contributed by atoms with Crippen molar-refractivity contribution in [1.29, 1.82) is 5.41 Å². The lowest BCUT2D eigenvalue weighted by Crippen LogP contribution is -2.41. The van der Waals surface area contributed by atoms with Gasteiger partial charge in [0.15, 0.2) is 5.96 Å². The molecule has 0 bridgehead atoms. The van der Waals surface area contributed by atoms with E-state index in [1.807, 2.05) is 0 Å². The molecule has 170 valence electrons. The Labute approximate surface area is 190 Å². The zero-order valence-corrected chi connectivity index (χ0v) is 18.8. The molecule has 0 radical (unpaired) electrons. The molecule has 12 nitrogen and oxygen atoms in total. The second-order valence-corrected chi connectivity index (χ2v) is 9.60. The van der Waals surface area contributed by atoms with Crippen LogP contribution in [0.3, 0.4) is 0 Å². The molecule has 15 heteroatoms. The Hall–Kier alpha value is -3.30. The van der Waals surface area contributed by atoms with Crippen LogP contribution >= 0.6 is 23.1 Å². The summed E-state index contributed by atoms with van der Waals surface area (Å²) in [4.78, 5) is 24.1. The summed E-state index contributed by atoms with van der Waals surface area (Å²) >= 11 is 1.86. The first kappa shape index (κ1) is 23.4. The Morgan fingerprint density at radius 1 is 1.25 bits per heavy atom. The van der Waals surface area contributed by atoms with Crippen molar-refractivity contribution in [3.05, 3.63) is 34.5 Å².